The Labute approximate surface area is 221 Å². The highest BCUT2D eigenvalue weighted by Gasteiger charge is 2.44. The van der Waals surface area contributed by atoms with E-state index in [1.807, 2.05) is 0 Å². The molecule has 1 saturated heterocycles. The maximum Gasteiger partial charge on any atom is 0.519 e. The van der Waals surface area contributed by atoms with Crippen molar-refractivity contribution < 1.29 is 42.5 Å². The zero-order chi connectivity index (χ0) is 27.0. The minimum absolute atomic E-state index is 0.0192. The second-order valence-electron chi connectivity index (χ2n) is 9.32. The largest absolute Gasteiger partial charge is 0.519 e. The molecule has 16 heteroatoms. The van der Waals surface area contributed by atoms with Crippen LogP contribution >= 0.6 is 19.2 Å². The van der Waals surface area contributed by atoms with E-state index in [9.17, 15) is 24.5 Å². The number of anilines is 1. The van der Waals surface area contributed by atoms with E-state index in [1.54, 1.807) is 16.8 Å². The van der Waals surface area contributed by atoms with Gasteiger partial charge in [0.05, 0.1) is 12.0 Å². The van der Waals surface area contributed by atoms with Crippen LogP contribution in [0.3, 0.4) is 0 Å². The van der Waals surface area contributed by atoms with Crippen molar-refractivity contribution in [2.24, 2.45) is 0 Å². The van der Waals surface area contributed by atoms with Gasteiger partial charge in [0.25, 0.3) is 0 Å². The highest BCUT2D eigenvalue weighted by atomic mass is 35.5. The van der Waals surface area contributed by atoms with E-state index in [0.29, 0.717) is 16.9 Å². The summed E-state index contributed by atoms with van der Waals surface area (Å²) in [5.74, 6) is -0.253. The number of aliphatic hydroxyl groups excluding tert-OH is 2. The number of hydrogen-bond acceptors (Lipinski definition) is 12. The highest BCUT2D eigenvalue weighted by molar-refractivity contribution is 7.52. The lowest BCUT2D eigenvalue weighted by Gasteiger charge is -2.18. The number of aryl methyl sites for hydroxylation is 1. The molecule has 0 bridgehead atoms. The molecule has 1 unspecified atom stereocenters. The summed E-state index contributed by atoms with van der Waals surface area (Å²) in [6.45, 7) is 0.663. The number of hydrogen-bond donors (Lipinski definition) is 4. The average Bonchev–Trinajstić information content (AvgIpc) is 3.63. The molecule has 5 atom stereocenters. The second kappa shape index (κ2) is 11.1. The van der Waals surface area contributed by atoms with Crippen molar-refractivity contribution in [3.8, 4) is 0 Å². The summed E-state index contributed by atoms with van der Waals surface area (Å²) in [5, 5.41) is 25.4. The van der Waals surface area contributed by atoms with E-state index < -0.39 is 50.9 Å². The van der Waals surface area contributed by atoms with Crippen molar-refractivity contribution >= 4 is 36.0 Å². The topological polar surface area (TPSA) is 192 Å². The number of ether oxygens (including phenoxy) is 2. The molecule has 0 radical (unpaired) electrons. The lowest BCUT2D eigenvalue weighted by Crippen LogP contribution is -2.34. The summed E-state index contributed by atoms with van der Waals surface area (Å²) in [6, 6.07) is 2.07. The van der Waals surface area contributed by atoms with Gasteiger partial charge in [-0.05, 0) is 37.4 Å². The van der Waals surface area contributed by atoms with E-state index in [-0.39, 0.29) is 29.5 Å². The van der Waals surface area contributed by atoms with Crippen molar-refractivity contribution in [2.45, 2.75) is 69.8 Å². The Morgan fingerprint density at radius 2 is 2.00 bits per heavy atom. The third kappa shape index (κ3) is 5.82. The maximum absolute atomic E-state index is 12.3. The SMILES string of the molecule is Cc1oc(=O)oc1COP(=O)(O)COC[C@H]1O[C@@H](n2ccc3c(NC4CCCC4)nc(Cl)nc32)[C@H](O)[C@@H]1O. The van der Waals surface area contributed by atoms with Gasteiger partial charge in [-0.2, -0.15) is 4.98 Å². The lowest BCUT2D eigenvalue weighted by molar-refractivity contribution is -0.0614. The molecule has 4 N–H and O–H groups in total. The fourth-order valence-corrected chi connectivity index (χ4v) is 5.56. The van der Waals surface area contributed by atoms with Gasteiger partial charge in [0.2, 0.25) is 5.28 Å². The fourth-order valence-electron chi connectivity index (χ4n) is 4.67. The van der Waals surface area contributed by atoms with Crippen LogP contribution < -0.4 is 11.1 Å². The number of nitrogens with zero attached hydrogens (tertiary/aromatic N) is 3. The third-order valence-electron chi connectivity index (χ3n) is 6.62. The van der Waals surface area contributed by atoms with E-state index in [1.165, 1.54) is 6.92 Å². The molecule has 2 fully saturated rings. The first kappa shape index (κ1) is 27.3. The van der Waals surface area contributed by atoms with Gasteiger partial charge in [0, 0.05) is 12.2 Å². The van der Waals surface area contributed by atoms with Crippen LogP contribution in [0.1, 0.15) is 43.4 Å². The smallest absolute Gasteiger partial charge is 0.396 e. The van der Waals surface area contributed by atoms with E-state index in [2.05, 4.69) is 19.7 Å². The van der Waals surface area contributed by atoms with Crippen LogP contribution in [0, 0.1) is 6.92 Å². The lowest BCUT2D eigenvalue weighted by atomic mass is 10.1. The van der Waals surface area contributed by atoms with Gasteiger partial charge in [-0.15, -0.1) is 0 Å². The van der Waals surface area contributed by atoms with Crippen LogP contribution in [0.5, 0.6) is 0 Å². The van der Waals surface area contributed by atoms with Crippen molar-refractivity contribution in [1.82, 2.24) is 14.5 Å². The molecule has 0 aromatic carbocycles. The molecule has 14 nitrogen and oxygen atoms in total. The molecule has 3 aromatic rings. The summed E-state index contributed by atoms with van der Waals surface area (Å²) < 4.78 is 39.3. The minimum atomic E-state index is -4.25. The van der Waals surface area contributed by atoms with E-state index in [0.717, 1.165) is 25.7 Å². The third-order valence-corrected chi connectivity index (χ3v) is 7.83. The second-order valence-corrected chi connectivity index (χ2v) is 11.4. The van der Waals surface area contributed by atoms with Crippen LogP contribution in [0.15, 0.2) is 25.9 Å². The van der Waals surface area contributed by atoms with Crippen LogP contribution in [-0.4, -0.2) is 67.0 Å². The quantitative estimate of drug-likeness (QED) is 0.204. The minimum Gasteiger partial charge on any atom is -0.396 e. The highest BCUT2D eigenvalue weighted by Crippen LogP contribution is 2.43. The molecular formula is C22H28ClN4O10P. The van der Waals surface area contributed by atoms with Gasteiger partial charge < -0.3 is 43.3 Å². The molecule has 4 heterocycles. The monoisotopic (exact) mass is 574 g/mol. The van der Waals surface area contributed by atoms with E-state index in [4.69, 9.17) is 30.0 Å². The Balaban J connectivity index is 1.22. The van der Waals surface area contributed by atoms with Crippen molar-refractivity contribution in [1.29, 1.82) is 0 Å². The fraction of sp³-hybridized carbons (Fsp3) is 0.591. The molecular weight excluding hydrogens is 547 g/mol. The molecule has 1 aliphatic carbocycles. The number of aliphatic hydroxyl groups is 2. The Morgan fingerprint density at radius 1 is 1.24 bits per heavy atom. The predicted molar refractivity (Wildman–Crippen MR) is 132 cm³/mol. The number of halogens is 1. The maximum atomic E-state index is 12.3. The zero-order valence-corrected chi connectivity index (χ0v) is 22.0. The predicted octanol–water partition coefficient (Wildman–Crippen LogP) is 2.29. The summed E-state index contributed by atoms with van der Waals surface area (Å²) in [5.41, 5.74) is 0.415. The first-order valence-corrected chi connectivity index (χ1v) is 14.2. The van der Waals surface area contributed by atoms with Crippen LogP contribution in [0.4, 0.5) is 5.82 Å². The number of nitrogens with one attached hydrogen (secondary N) is 1. The molecule has 38 heavy (non-hydrogen) atoms. The molecule has 0 spiro atoms. The Kier molecular flexibility index (Phi) is 7.94. The van der Waals surface area contributed by atoms with Crippen molar-refractivity contribution in [3.05, 3.63) is 39.7 Å². The van der Waals surface area contributed by atoms with Gasteiger partial charge in [-0.25, -0.2) is 9.78 Å². The molecule has 208 valence electrons. The van der Waals surface area contributed by atoms with Gasteiger partial charge in [-0.1, -0.05) is 12.8 Å². The van der Waals surface area contributed by atoms with Crippen LogP contribution in [0.25, 0.3) is 11.0 Å². The standard InChI is InChI=1S/C22H28ClN4O10P/c1-11-14(37-22(30)35-11)9-34-38(31,32)10-33-8-15-16(28)17(29)20(36-15)27-7-6-13-18(24-12-4-2-3-5-12)25-21(23)26-19(13)27/h6-7,12,15-17,20,28-29H,2-5,8-10H2,1H3,(H,31,32)(H,24,25,26)/t15-,16-,17-,20-/m1/s1. The number of rotatable bonds is 10. The molecule has 5 rings (SSSR count). The summed E-state index contributed by atoms with van der Waals surface area (Å²) in [6.07, 6.45) is 0.546. The average molecular weight is 575 g/mol. The van der Waals surface area contributed by atoms with Gasteiger partial charge in [0.1, 0.15) is 48.5 Å². The Morgan fingerprint density at radius 3 is 2.71 bits per heavy atom. The number of fused-ring (bicyclic) bond motifs is 1. The number of aromatic nitrogens is 3. The summed E-state index contributed by atoms with van der Waals surface area (Å²) >= 11 is 6.19. The molecule has 1 saturated carbocycles. The van der Waals surface area contributed by atoms with Crippen LogP contribution in [-0.2, 0) is 25.2 Å². The normalized spacial score (nSPS) is 25.8. The molecule has 0 amide bonds. The van der Waals surface area contributed by atoms with Crippen molar-refractivity contribution in [3.63, 3.8) is 0 Å². The molecule has 3 aromatic heterocycles. The molecule has 1 aliphatic heterocycles. The van der Waals surface area contributed by atoms with Crippen LogP contribution in [0.2, 0.25) is 5.28 Å². The Hall–Kier alpha value is -2.29. The Bertz CT molecular complexity index is 1390. The first-order valence-electron chi connectivity index (χ1n) is 12.1. The van der Waals surface area contributed by atoms with Crippen molar-refractivity contribution in [2.75, 3.05) is 18.3 Å². The molecule has 2 aliphatic rings. The van der Waals surface area contributed by atoms with Gasteiger partial charge in [-0.3, -0.25) is 9.09 Å². The van der Waals surface area contributed by atoms with Gasteiger partial charge >= 0.3 is 13.4 Å². The van der Waals surface area contributed by atoms with E-state index >= 15 is 0 Å². The zero-order valence-electron chi connectivity index (χ0n) is 20.4. The van der Waals surface area contributed by atoms with Gasteiger partial charge in [0.15, 0.2) is 12.0 Å². The first-order chi connectivity index (χ1) is 18.1. The summed E-state index contributed by atoms with van der Waals surface area (Å²) in [7, 11) is -4.25. The summed E-state index contributed by atoms with van der Waals surface area (Å²) in [4.78, 5) is 29.7.